The van der Waals surface area contributed by atoms with E-state index >= 15 is 0 Å². The molecule has 0 aliphatic heterocycles. The van der Waals surface area contributed by atoms with Gasteiger partial charge in [-0.05, 0) is 25.1 Å². The third kappa shape index (κ3) is 5.16. The van der Waals surface area contributed by atoms with Crippen LogP contribution in [0.5, 0.6) is 6.01 Å². The van der Waals surface area contributed by atoms with Crippen molar-refractivity contribution in [3.05, 3.63) is 58.4 Å². The van der Waals surface area contributed by atoms with Gasteiger partial charge in [-0.1, -0.05) is 11.6 Å². The zero-order valence-electron chi connectivity index (χ0n) is 13.9. The molecular formula is C16H15ClF3N5O. The van der Waals surface area contributed by atoms with E-state index in [9.17, 15) is 13.2 Å². The number of aryl methyl sites for hydroxylation is 1. The Kier molecular flexibility index (Phi) is 6.14. The maximum atomic E-state index is 13.5. The Morgan fingerprint density at radius 2 is 2.19 bits per heavy atom. The van der Waals surface area contributed by atoms with Gasteiger partial charge in [0.1, 0.15) is 12.3 Å². The first kappa shape index (κ1) is 19.6. The van der Waals surface area contributed by atoms with Crippen molar-refractivity contribution in [3.63, 3.8) is 0 Å². The fraction of sp³-hybridized carbons (Fsp3) is 0.250. The largest absolute Gasteiger partial charge is 0.457 e. The van der Waals surface area contributed by atoms with Crippen LogP contribution in [0.15, 0.2) is 41.4 Å². The van der Waals surface area contributed by atoms with Gasteiger partial charge in [0.2, 0.25) is 0 Å². The fourth-order valence-electron chi connectivity index (χ4n) is 1.86. The molecule has 1 aromatic carbocycles. The highest BCUT2D eigenvalue weighted by atomic mass is 35.5. The number of nitrogens with zero attached hydrogens (tertiary/aromatic N) is 3. The van der Waals surface area contributed by atoms with Crippen molar-refractivity contribution in [1.82, 2.24) is 9.97 Å². The van der Waals surface area contributed by atoms with E-state index in [2.05, 4.69) is 20.4 Å². The lowest BCUT2D eigenvalue weighted by Gasteiger charge is -2.14. The van der Waals surface area contributed by atoms with E-state index < -0.39 is 11.7 Å². The van der Waals surface area contributed by atoms with Gasteiger partial charge >= 0.3 is 6.01 Å². The second kappa shape index (κ2) is 8.13. The van der Waals surface area contributed by atoms with E-state index in [1.165, 1.54) is 31.3 Å². The minimum Gasteiger partial charge on any atom is -0.457 e. The number of hydrogen-bond donors (Lipinski definition) is 2. The molecule has 0 aliphatic carbocycles. The number of alkyl halides is 2. The predicted molar refractivity (Wildman–Crippen MR) is 90.1 cm³/mol. The third-order valence-corrected chi connectivity index (χ3v) is 3.56. The lowest BCUT2D eigenvalue weighted by atomic mass is 10.1. The molecule has 1 aromatic heterocycles. The molecule has 2 N–H and O–H groups in total. The van der Waals surface area contributed by atoms with Crippen LogP contribution in [0, 0.1) is 18.3 Å². The number of hydrogen-bond acceptors (Lipinski definition) is 6. The van der Waals surface area contributed by atoms with Gasteiger partial charge < -0.3 is 10.1 Å². The Labute approximate surface area is 152 Å². The number of rotatable bonds is 7. The van der Waals surface area contributed by atoms with Crippen molar-refractivity contribution in [3.8, 4) is 6.01 Å². The Morgan fingerprint density at radius 1 is 1.46 bits per heavy atom. The molecule has 0 unspecified atom stereocenters. The Balaban J connectivity index is 2.07. The summed E-state index contributed by atoms with van der Waals surface area (Å²) < 4.78 is 45.3. The topological polar surface area (TPSA) is 83.2 Å². The molecule has 0 atom stereocenters. The zero-order valence-corrected chi connectivity index (χ0v) is 14.6. The van der Waals surface area contributed by atoms with Crippen molar-refractivity contribution in [2.75, 3.05) is 11.9 Å². The van der Waals surface area contributed by atoms with Gasteiger partial charge in [-0.15, -0.1) is 0 Å². The van der Waals surface area contributed by atoms with Gasteiger partial charge in [-0.2, -0.15) is 10.1 Å². The zero-order chi connectivity index (χ0) is 19.3. The normalized spacial score (nSPS) is 12.0. The summed E-state index contributed by atoms with van der Waals surface area (Å²) >= 11 is 5.78. The van der Waals surface area contributed by atoms with Crippen molar-refractivity contribution >= 4 is 17.3 Å². The molecule has 0 aliphatic rings. The molecule has 0 saturated heterocycles. The maximum Gasteiger partial charge on any atom is 0.317 e. The van der Waals surface area contributed by atoms with E-state index in [4.69, 9.17) is 21.9 Å². The average molecular weight is 386 g/mol. The quantitative estimate of drug-likeness (QED) is 0.653. The number of ether oxygens (including phenoxy) is 1. The fourth-order valence-corrected chi connectivity index (χ4v) is 2.15. The molecule has 0 bridgehead atoms. The van der Waals surface area contributed by atoms with Gasteiger partial charge in [0.15, 0.2) is 5.82 Å². The average Bonchev–Trinajstić information content (AvgIpc) is 2.58. The number of aromatic nitrogens is 2. The van der Waals surface area contributed by atoms with E-state index in [0.29, 0.717) is 5.69 Å². The monoisotopic (exact) mass is 385 g/mol. The molecule has 6 nitrogen and oxygen atoms in total. The highest BCUT2D eigenvalue weighted by molar-refractivity contribution is 6.31. The number of nitrogens with one attached hydrogen (secondary N) is 2. The van der Waals surface area contributed by atoms with Crippen LogP contribution in [-0.2, 0) is 5.92 Å². The van der Waals surface area contributed by atoms with E-state index in [1.807, 2.05) is 0 Å². The molecule has 0 radical (unpaired) electrons. The summed E-state index contributed by atoms with van der Waals surface area (Å²) in [7, 11) is 0. The number of benzene rings is 1. The van der Waals surface area contributed by atoms with Crippen LogP contribution in [0.3, 0.4) is 0 Å². The lowest BCUT2D eigenvalue weighted by Crippen LogP contribution is -2.09. The first-order valence-electron chi connectivity index (χ1n) is 7.33. The van der Waals surface area contributed by atoms with Crippen LogP contribution in [0.25, 0.3) is 0 Å². The predicted octanol–water partition coefficient (Wildman–Crippen LogP) is 5.05. The molecule has 138 valence electrons. The van der Waals surface area contributed by atoms with Crippen LogP contribution in [0.4, 0.5) is 18.9 Å². The second-order valence-electron chi connectivity index (χ2n) is 5.35. The van der Waals surface area contributed by atoms with Crippen molar-refractivity contribution in [2.24, 2.45) is 5.11 Å². The summed E-state index contributed by atoms with van der Waals surface area (Å²) in [5.41, 5.74) is 7.40. The smallest absolute Gasteiger partial charge is 0.317 e. The summed E-state index contributed by atoms with van der Waals surface area (Å²) in [6.45, 7) is 2.03. The van der Waals surface area contributed by atoms with Gasteiger partial charge in [-0.3, -0.25) is 0 Å². The van der Waals surface area contributed by atoms with Crippen LogP contribution in [-0.4, -0.2) is 16.6 Å². The summed E-state index contributed by atoms with van der Waals surface area (Å²) in [5.74, 6) is -3.66. The Morgan fingerprint density at radius 3 is 2.81 bits per heavy atom. The maximum absolute atomic E-state index is 13.5. The highest BCUT2D eigenvalue weighted by Gasteiger charge is 2.27. The minimum absolute atomic E-state index is 0.0513. The van der Waals surface area contributed by atoms with Gasteiger partial charge in [0.25, 0.3) is 5.92 Å². The van der Waals surface area contributed by atoms with Crippen molar-refractivity contribution < 1.29 is 17.9 Å². The van der Waals surface area contributed by atoms with Gasteiger partial charge in [0, 0.05) is 29.4 Å². The molecule has 0 spiro atoms. The summed E-state index contributed by atoms with van der Waals surface area (Å²) in [6, 6.07) is 3.97. The number of anilines is 1. The standard InChI is InChI=1S/C16H15ClF3N5O/c1-9-14(18)7-23-15(24-9)26-8-11(25-21)6-22-10-3-4-13(17)12(5-10)16(2,19)20/h3-7,21-22H,8H2,1-2H3/b11-6-,25-21?. The van der Waals surface area contributed by atoms with Gasteiger partial charge in [-0.25, -0.2) is 23.7 Å². The molecule has 0 saturated carbocycles. The Bertz CT molecular complexity index is 839. The van der Waals surface area contributed by atoms with Crippen LogP contribution < -0.4 is 10.1 Å². The first-order chi connectivity index (χ1) is 12.2. The molecule has 26 heavy (non-hydrogen) atoms. The minimum atomic E-state index is -3.10. The van der Waals surface area contributed by atoms with E-state index in [-0.39, 0.29) is 34.6 Å². The van der Waals surface area contributed by atoms with E-state index in [0.717, 1.165) is 13.1 Å². The number of halogens is 4. The molecule has 10 heteroatoms. The van der Waals surface area contributed by atoms with E-state index in [1.54, 1.807) is 0 Å². The van der Waals surface area contributed by atoms with Gasteiger partial charge in [0.05, 0.1) is 11.9 Å². The van der Waals surface area contributed by atoms with Crippen LogP contribution in [0.1, 0.15) is 18.2 Å². The molecule has 0 amide bonds. The van der Waals surface area contributed by atoms with Crippen molar-refractivity contribution in [1.29, 1.82) is 5.53 Å². The molecule has 2 aromatic rings. The first-order valence-corrected chi connectivity index (χ1v) is 7.71. The summed E-state index contributed by atoms with van der Waals surface area (Å²) in [5, 5.41) is 5.96. The van der Waals surface area contributed by atoms with Crippen LogP contribution >= 0.6 is 11.6 Å². The molecule has 1 heterocycles. The Hall–Kier alpha value is -2.68. The molecule has 0 fully saturated rings. The third-order valence-electron chi connectivity index (χ3n) is 3.23. The second-order valence-corrected chi connectivity index (χ2v) is 5.76. The molecule has 2 rings (SSSR count). The molecular weight excluding hydrogens is 371 g/mol. The summed E-state index contributed by atoms with van der Waals surface area (Å²) in [4.78, 5) is 7.44. The summed E-state index contributed by atoms with van der Waals surface area (Å²) in [6.07, 6.45) is 2.28. The van der Waals surface area contributed by atoms with Crippen molar-refractivity contribution in [2.45, 2.75) is 19.8 Å². The SMILES string of the molecule is Cc1nc(OC/C(=C/Nc2ccc(Cl)c(C(C)(F)F)c2)N=N)ncc1F. The highest BCUT2D eigenvalue weighted by Crippen LogP contribution is 2.34. The lowest BCUT2D eigenvalue weighted by molar-refractivity contribution is 0.0176. The van der Waals surface area contributed by atoms with Crippen LogP contribution in [0.2, 0.25) is 5.02 Å².